The molecule has 3 aromatic rings. The van der Waals surface area contributed by atoms with Gasteiger partial charge in [-0.25, -0.2) is 4.39 Å². The lowest BCUT2D eigenvalue weighted by Crippen LogP contribution is -2.25. The molecule has 0 unspecified atom stereocenters. The van der Waals surface area contributed by atoms with Gasteiger partial charge in [0.05, 0.1) is 18.8 Å². The minimum atomic E-state index is -0.244. The molecule has 0 radical (unpaired) electrons. The minimum absolute atomic E-state index is 0.0764. The van der Waals surface area contributed by atoms with Gasteiger partial charge in [-0.2, -0.15) is 0 Å². The van der Waals surface area contributed by atoms with Gasteiger partial charge < -0.3 is 15.8 Å². The van der Waals surface area contributed by atoms with Crippen molar-refractivity contribution in [1.82, 2.24) is 5.32 Å². The van der Waals surface area contributed by atoms with Gasteiger partial charge in [0.1, 0.15) is 11.6 Å². The van der Waals surface area contributed by atoms with Gasteiger partial charge in [0.25, 0.3) is 0 Å². The summed E-state index contributed by atoms with van der Waals surface area (Å²) in [5.74, 6) is 0.405. The summed E-state index contributed by atoms with van der Waals surface area (Å²) in [6, 6.07) is 22.6. The number of methoxy groups -OCH3 is 1. The van der Waals surface area contributed by atoms with Crippen molar-refractivity contribution in [1.29, 1.82) is 0 Å². The second kappa shape index (κ2) is 8.50. The number of nitrogens with two attached hydrogens (primary N) is 1. The third kappa shape index (κ3) is 4.41. The van der Waals surface area contributed by atoms with E-state index in [1.165, 1.54) is 17.7 Å². The molecule has 0 saturated carbocycles. The zero-order valence-corrected chi connectivity index (χ0v) is 14.8. The van der Waals surface area contributed by atoms with Gasteiger partial charge in [0, 0.05) is 6.54 Å². The molecule has 0 aliphatic heterocycles. The Morgan fingerprint density at radius 1 is 0.962 bits per heavy atom. The first kappa shape index (κ1) is 18.0. The smallest absolute Gasteiger partial charge is 0.141 e. The summed E-state index contributed by atoms with van der Waals surface area (Å²) >= 11 is 0. The van der Waals surface area contributed by atoms with E-state index in [0.29, 0.717) is 11.4 Å². The SMILES string of the molecule is COc1ccc([C@@H](NCCc2ccccc2)c2ccc(F)cc2)cc1N. The zero-order valence-electron chi connectivity index (χ0n) is 14.8. The van der Waals surface area contributed by atoms with Crippen LogP contribution < -0.4 is 15.8 Å². The van der Waals surface area contributed by atoms with Crippen LogP contribution in [0.25, 0.3) is 0 Å². The number of rotatable bonds is 7. The molecular formula is C22H23FN2O. The summed E-state index contributed by atoms with van der Waals surface area (Å²) in [7, 11) is 1.60. The van der Waals surface area contributed by atoms with Gasteiger partial charge in [0.2, 0.25) is 0 Å². The Kier molecular flexibility index (Phi) is 5.87. The van der Waals surface area contributed by atoms with Crippen LogP contribution in [0.1, 0.15) is 22.7 Å². The molecule has 1 atom stereocenters. The fourth-order valence-electron chi connectivity index (χ4n) is 3.02. The summed E-state index contributed by atoms with van der Waals surface area (Å²) in [6.07, 6.45) is 0.907. The fourth-order valence-corrected chi connectivity index (χ4v) is 3.02. The summed E-state index contributed by atoms with van der Waals surface area (Å²) in [4.78, 5) is 0. The maximum absolute atomic E-state index is 13.3. The second-order valence-electron chi connectivity index (χ2n) is 6.18. The van der Waals surface area contributed by atoms with E-state index in [-0.39, 0.29) is 11.9 Å². The van der Waals surface area contributed by atoms with Crippen molar-refractivity contribution >= 4 is 5.69 Å². The monoisotopic (exact) mass is 350 g/mol. The molecule has 3 rings (SSSR count). The molecule has 0 bridgehead atoms. The normalized spacial score (nSPS) is 11.9. The Hall–Kier alpha value is -2.85. The molecular weight excluding hydrogens is 327 g/mol. The summed E-state index contributed by atoms with van der Waals surface area (Å²) in [5, 5.41) is 3.57. The van der Waals surface area contributed by atoms with Crippen LogP contribution in [0.15, 0.2) is 72.8 Å². The number of hydrogen-bond acceptors (Lipinski definition) is 3. The number of benzene rings is 3. The second-order valence-corrected chi connectivity index (χ2v) is 6.18. The molecule has 3 nitrogen and oxygen atoms in total. The Morgan fingerprint density at radius 3 is 2.31 bits per heavy atom. The first-order chi connectivity index (χ1) is 12.7. The van der Waals surface area contributed by atoms with Gasteiger partial charge in [0.15, 0.2) is 0 Å². The molecule has 0 heterocycles. The van der Waals surface area contributed by atoms with E-state index in [0.717, 1.165) is 24.1 Å². The summed E-state index contributed by atoms with van der Waals surface area (Å²) < 4.78 is 18.6. The van der Waals surface area contributed by atoms with Crippen LogP contribution in [0.5, 0.6) is 5.75 Å². The molecule has 26 heavy (non-hydrogen) atoms. The van der Waals surface area contributed by atoms with Gasteiger partial charge in [-0.3, -0.25) is 0 Å². The Morgan fingerprint density at radius 2 is 1.65 bits per heavy atom. The molecule has 0 amide bonds. The van der Waals surface area contributed by atoms with Crippen molar-refractivity contribution in [3.63, 3.8) is 0 Å². The first-order valence-corrected chi connectivity index (χ1v) is 8.63. The van der Waals surface area contributed by atoms with Crippen LogP contribution >= 0.6 is 0 Å². The number of hydrogen-bond donors (Lipinski definition) is 2. The quantitative estimate of drug-likeness (QED) is 0.623. The Bertz CT molecular complexity index is 835. The Balaban J connectivity index is 1.81. The number of nitrogens with one attached hydrogen (secondary N) is 1. The minimum Gasteiger partial charge on any atom is -0.495 e. The zero-order chi connectivity index (χ0) is 18.4. The van der Waals surface area contributed by atoms with Gasteiger partial charge >= 0.3 is 0 Å². The van der Waals surface area contributed by atoms with Gasteiger partial charge in [-0.05, 0) is 47.4 Å². The molecule has 134 valence electrons. The Labute approximate surface area is 153 Å². The standard InChI is InChI=1S/C22H23FN2O/c1-26-21-12-9-18(15-20(21)24)22(17-7-10-19(23)11-8-17)25-14-13-16-5-3-2-4-6-16/h2-12,15,22,25H,13-14,24H2,1H3/t22-/m0/s1. The third-order valence-corrected chi connectivity index (χ3v) is 4.40. The molecule has 3 aromatic carbocycles. The predicted octanol–water partition coefficient (Wildman–Crippen LogP) is 4.34. The van der Waals surface area contributed by atoms with Crippen LogP contribution in [0.4, 0.5) is 10.1 Å². The lowest BCUT2D eigenvalue weighted by molar-refractivity contribution is 0.416. The lowest BCUT2D eigenvalue weighted by atomic mass is 9.97. The van der Waals surface area contributed by atoms with E-state index in [1.807, 2.05) is 36.4 Å². The fraction of sp³-hybridized carbons (Fsp3) is 0.182. The van der Waals surface area contributed by atoms with Crippen molar-refractivity contribution < 1.29 is 9.13 Å². The van der Waals surface area contributed by atoms with E-state index in [2.05, 4.69) is 17.4 Å². The number of ether oxygens (including phenoxy) is 1. The van der Waals surface area contributed by atoms with Crippen molar-refractivity contribution in [3.8, 4) is 5.75 Å². The molecule has 4 heteroatoms. The average Bonchev–Trinajstić information content (AvgIpc) is 2.67. The number of halogens is 1. The molecule has 0 fully saturated rings. The first-order valence-electron chi connectivity index (χ1n) is 8.63. The average molecular weight is 350 g/mol. The van der Waals surface area contributed by atoms with E-state index < -0.39 is 0 Å². The summed E-state index contributed by atoms with van der Waals surface area (Å²) in [6.45, 7) is 0.790. The van der Waals surface area contributed by atoms with E-state index in [4.69, 9.17) is 10.5 Å². The molecule has 0 aromatic heterocycles. The van der Waals surface area contributed by atoms with Gasteiger partial charge in [-0.15, -0.1) is 0 Å². The van der Waals surface area contributed by atoms with E-state index >= 15 is 0 Å². The molecule has 0 aliphatic rings. The van der Waals surface area contributed by atoms with Crippen molar-refractivity contribution in [2.45, 2.75) is 12.5 Å². The predicted molar refractivity (Wildman–Crippen MR) is 104 cm³/mol. The van der Waals surface area contributed by atoms with Crippen molar-refractivity contribution in [3.05, 3.63) is 95.3 Å². The molecule has 0 aliphatic carbocycles. The summed E-state index contributed by atoms with van der Waals surface area (Å²) in [5.41, 5.74) is 9.94. The van der Waals surface area contributed by atoms with Crippen LogP contribution in [-0.4, -0.2) is 13.7 Å². The van der Waals surface area contributed by atoms with Crippen molar-refractivity contribution in [2.24, 2.45) is 0 Å². The highest BCUT2D eigenvalue weighted by Gasteiger charge is 2.15. The van der Waals surface area contributed by atoms with E-state index in [1.54, 1.807) is 19.2 Å². The van der Waals surface area contributed by atoms with Gasteiger partial charge in [-0.1, -0.05) is 48.5 Å². The van der Waals surface area contributed by atoms with Crippen LogP contribution in [-0.2, 0) is 6.42 Å². The topological polar surface area (TPSA) is 47.3 Å². The van der Waals surface area contributed by atoms with Crippen molar-refractivity contribution in [2.75, 3.05) is 19.4 Å². The molecule has 0 saturated heterocycles. The highest BCUT2D eigenvalue weighted by atomic mass is 19.1. The molecule has 3 N–H and O–H groups in total. The number of anilines is 1. The highest BCUT2D eigenvalue weighted by molar-refractivity contribution is 5.55. The highest BCUT2D eigenvalue weighted by Crippen LogP contribution is 2.29. The number of nitrogen functional groups attached to an aromatic ring is 1. The van der Waals surface area contributed by atoms with E-state index in [9.17, 15) is 4.39 Å². The molecule has 0 spiro atoms. The largest absolute Gasteiger partial charge is 0.495 e. The van der Waals surface area contributed by atoms with Crippen LogP contribution in [0.3, 0.4) is 0 Å². The maximum atomic E-state index is 13.3. The van der Waals surface area contributed by atoms with Crippen LogP contribution in [0, 0.1) is 5.82 Å². The third-order valence-electron chi connectivity index (χ3n) is 4.40. The maximum Gasteiger partial charge on any atom is 0.141 e. The van der Waals surface area contributed by atoms with Crippen LogP contribution in [0.2, 0.25) is 0 Å². The lowest BCUT2D eigenvalue weighted by Gasteiger charge is -2.21.